The van der Waals surface area contributed by atoms with Crippen LogP contribution in [0.4, 0.5) is 0 Å². The zero-order valence-corrected chi connectivity index (χ0v) is 19.7. The van der Waals surface area contributed by atoms with E-state index in [4.69, 9.17) is 14.2 Å². The Kier molecular flexibility index (Phi) is 9.37. The van der Waals surface area contributed by atoms with Crippen molar-refractivity contribution < 1.29 is 28.9 Å². The van der Waals surface area contributed by atoms with Gasteiger partial charge in [-0.2, -0.15) is 23.5 Å². The van der Waals surface area contributed by atoms with Gasteiger partial charge in [0, 0.05) is 35.6 Å². The average Bonchev–Trinajstić information content (AvgIpc) is 3.44. The van der Waals surface area contributed by atoms with E-state index < -0.39 is 12.0 Å². The van der Waals surface area contributed by atoms with Crippen LogP contribution in [-0.2, 0) is 24.8 Å². The third-order valence-electron chi connectivity index (χ3n) is 5.45. The molecule has 1 amide bonds. The molecule has 2 aliphatic heterocycles. The fraction of sp³-hybridized carbons (Fsp3) is 0.636. The van der Waals surface area contributed by atoms with Crippen LogP contribution in [0, 0.1) is 5.92 Å². The molecule has 2 fully saturated rings. The van der Waals surface area contributed by atoms with E-state index in [-0.39, 0.29) is 23.4 Å². The number of thioether (sulfide) groups is 2. The number of likely N-dealkylation sites (tertiary alicyclic amines) is 1. The van der Waals surface area contributed by atoms with Crippen molar-refractivity contribution in [1.82, 2.24) is 4.90 Å². The topological polar surface area (TPSA) is 85.3 Å². The molecule has 1 N–H and O–H groups in total. The van der Waals surface area contributed by atoms with E-state index in [1.54, 1.807) is 35.5 Å². The van der Waals surface area contributed by atoms with Gasteiger partial charge in [0.05, 0.1) is 20.3 Å². The Morgan fingerprint density at radius 1 is 1.26 bits per heavy atom. The van der Waals surface area contributed by atoms with Gasteiger partial charge < -0.3 is 24.2 Å². The number of carboxylic acid groups (broad SMARTS) is 1. The minimum Gasteiger partial charge on any atom is -0.497 e. The average molecular weight is 470 g/mol. The number of hydrogen-bond donors (Lipinski definition) is 1. The Morgan fingerprint density at radius 2 is 1.97 bits per heavy atom. The van der Waals surface area contributed by atoms with Crippen LogP contribution in [0.2, 0.25) is 0 Å². The maximum Gasteiger partial charge on any atom is 0.326 e. The summed E-state index contributed by atoms with van der Waals surface area (Å²) in [6.07, 6.45) is 1.12. The van der Waals surface area contributed by atoms with E-state index in [0.717, 1.165) is 23.7 Å². The maximum absolute atomic E-state index is 13.0. The van der Waals surface area contributed by atoms with Gasteiger partial charge in [0.1, 0.15) is 11.8 Å². The highest BCUT2D eigenvalue weighted by molar-refractivity contribution is 7.99. The van der Waals surface area contributed by atoms with Crippen molar-refractivity contribution in [3.8, 4) is 5.75 Å². The van der Waals surface area contributed by atoms with Gasteiger partial charge in [-0.15, -0.1) is 0 Å². The van der Waals surface area contributed by atoms with Crippen LogP contribution in [0.1, 0.15) is 25.3 Å². The van der Waals surface area contributed by atoms with Crippen molar-refractivity contribution in [1.29, 1.82) is 0 Å². The van der Waals surface area contributed by atoms with Crippen molar-refractivity contribution in [2.45, 2.75) is 43.1 Å². The zero-order valence-electron chi connectivity index (χ0n) is 18.0. The molecule has 1 aromatic rings. The van der Waals surface area contributed by atoms with Gasteiger partial charge in [0.2, 0.25) is 5.91 Å². The fourth-order valence-electron chi connectivity index (χ4n) is 3.73. The SMILES string of the molecule is COc1ccc(CSCC(C)C(=O)N2CC(SCCC3OCCO3)C[C@H]2C(=O)O)cc1. The summed E-state index contributed by atoms with van der Waals surface area (Å²) in [5, 5.41) is 9.77. The zero-order chi connectivity index (χ0) is 22.2. The molecular formula is C22H31NO6S2. The molecule has 0 bridgehead atoms. The van der Waals surface area contributed by atoms with Crippen LogP contribution < -0.4 is 4.74 Å². The lowest BCUT2D eigenvalue weighted by molar-refractivity contribution is -0.149. The number of methoxy groups -OCH3 is 1. The lowest BCUT2D eigenvalue weighted by Crippen LogP contribution is -2.43. The molecule has 0 radical (unpaired) electrons. The van der Waals surface area contributed by atoms with Gasteiger partial charge in [-0.05, 0) is 29.9 Å². The summed E-state index contributed by atoms with van der Waals surface area (Å²) in [4.78, 5) is 26.3. The third-order valence-corrected chi connectivity index (χ3v) is 8.00. The number of carbonyl (C=O) groups excluding carboxylic acids is 1. The van der Waals surface area contributed by atoms with E-state index in [1.807, 2.05) is 31.2 Å². The van der Waals surface area contributed by atoms with Crippen LogP contribution in [0.25, 0.3) is 0 Å². The highest BCUT2D eigenvalue weighted by Crippen LogP contribution is 2.31. The van der Waals surface area contributed by atoms with Crippen LogP contribution in [0.5, 0.6) is 5.75 Å². The Balaban J connectivity index is 1.44. The number of rotatable bonds is 11. The summed E-state index contributed by atoms with van der Waals surface area (Å²) in [7, 11) is 1.64. The van der Waals surface area contributed by atoms with Crippen molar-refractivity contribution >= 4 is 35.4 Å². The normalized spacial score (nSPS) is 22.6. The number of amides is 1. The van der Waals surface area contributed by atoms with Crippen LogP contribution >= 0.6 is 23.5 Å². The third kappa shape index (κ3) is 7.03. The molecule has 172 valence electrons. The quantitative estimate of drug-likeness (QED) is 0.529. The second-order valence-corrected chi connectivity index (χ2v) is 10.2. The van der Waals surface area contributed by atoms with E-state index in [1.165, 1.54) is 5.56 Å². The standard InChI is InChI=1S/C22H31NO6S2/c1-15(13-30-14-16-3-5-17(27-2)6-4-16)21(24)23-12-18(11-19(23)22(25)26)31-10-7-20-28-8-9-29-20/h3-6,15,18-20H,7-14H2,1-2H3,(H,25,26)/t15?,18?,19-/m0/s1. The van der Waals surface area contributed by atoms with Crippen LogP contribution in [0.15, 0.2) is 24.3 Å². The summed E-state index contributed by atoms with van der Waals surface area (Å²) in [6, 6.07) is 7.15. The smallest absolute Gasteiger partial charge is 0.326 e. The van der Waals surface area contributed by atoms with Crippen molar-refractivity contribution in [3.05, 3.63) is 29.8 Å². The largest absolute Gasteiger partial charge is 0.497 e. The molecule has 0 aliphatic carbocycles. The lowest BCUT2D eigenvalue weighted by Gasteiger charge is -2.25. The molecule has 3 atom stereocenters. The monoisotopic (exact) mass is 469 g/mol. The van der Waals surface area contributed by atoms with Crippen LogP contribution in [-0.4, -0.2) is 77.8 Å². The number of hydrogen-bond acceptors (Lipinski definition) is 7. The number of ether oxygens (including phenoxy) is 3. The Hall–Kier alpha value is -1.42. The molecule has 7 nitrogen and oxygen atoms in total. The van der Waals surface area contributed by atoms with E-state index in [2.05, 4.69) is 0 Å². The van der Waals surface area contributed by atoms with E-state index in [9.17, 15) is 14.7 Å². The Bertz CT molecular complexity index is 725. The lowest BCUT2D eigenvalue weighted by atomic mass is 10.1. The van der Waals surface area contributed by atoms with Gasteiger partial charge >= 0.3 is 5.97 Å². The molecule has 2 heterocycles. The molecule has 0 aromatic heterocycles. The van der Waals surface area contributed by atoms with Gasteiger partial charge in [-0.1, -0.05) is 19.1 Å². The van der Waals surface area contributed by atoms with Crippen molar-refractivity contribution in [2.24, 2.45) is 5.92 Å². The molecule has 0 saturated carbocycles. The predicted octanol–water partition coefficient (Wildman–Crippen LogP) is 3.11. The van der Waals surface area contributed by atoms with Gasteiger partial charge in [-0.25, -0.2) is 4.79 Å². The fourth-order valence-corrected chi connectivity index (χ4v) is 6.02. The molecule has 9 heteroatoms. The highest BCUT2D eigenvalue weighted by Gasteiger charge is 2.41. The summed E-state index contributed by atoms with van der Waals surface area (Å²) < 4.78 is 16.1. The molecule has 31 heavy (non-hydrogen) atoms. The highest BCUT2D eigenvalue weighted by atomic mass is 32.2. The minimum atomic E-state index is -0.919. The number of carbonyl (C=O) groups is 2. The van der Waals surface area contributed by atoms with Crippen molar-refractivity contribution in [3.63, 3.8) is 0 Å². The molecule has 3 rings (SSSR count). The first-order valence-corrected chi connectivity index (χ1v) is 12.8. The molecule has 0 spiro atoms. The van der Waals surface area contributed by atoms with Crippen LogP contribution in [0.3, 0.4) is 0 Å². The summed E-state index contributed by atoms with van der Waals surface area (Å²) in [5.74, 6) is 1.89. The second-order valence-electron chi connectivity index (χ2n) is 7.80. The first kappa shape index (κ1) is 24.2. The molecule has 2 unspecified atom stereocenters. The predicted molar refractivity (Wildman–Crippen MR) is 123 cm³/mol. The molecule has 1 aromatic carbocycles. The molecule has 2 aliphatic rings. The number of nitrogens with zero attached hydrogens (tertiary/aromatic N) is 1. The van der Waals surface area contributed by atoms with E-state index >= 15 is 0 Å². The first-order chi connectivity index (χ1) is 15.0. The number of aliphatic carboxylic acids is 1. The molecule has 2 saturated heterocycles. The number of benzene rings is 1. The van der Waals surface area contributed by atoms with Gasteiger partial charge in [0.15, 0.2) is 6.29 Å². The maximum atomic E-state index is 13.0. The second kappa shape index (κ2) is 12.0. The summed E-state index contributed by atoms with van der Waals surface area (Å²) >= 11 is 3.40. The minimum absolute atomic E-state index is 0.0693. The number of carboxylic acids is 1. The molecular weight excluding hydrogens is 438 g/mol. The van der Waals surface area contributed by atoms with Gasteiger partial charge in [-0.3, -0.25) is 4.79 Å². The Morgan fingerprint density at radius 3 is 2.61 bits per heavy atom. The summed E-state index contributed by atoms with van der Waals surface area (Å²) in [6.45, 7) is 3.64. The van der Waals surface area contributed by atoms with E-state index in [0.29, 0.717) is 31.9 Å². The van der Waals surface area contributed by atoms with Gasteiger partial charge in [0.25, 0.3) is 0 Å². The summed E-state index contributed by atoms with van der Waals surface area (Å²) in [5.41, 5.74) is 1.17. The Labute approximate surface area is 192 Å². The van der Waals surface area contributed by atoms with Crippen molar-refractivity contribution in [2.75, 3.05) is 38.4 Å². The first-order valence-electron chi connectivity index (χ1n) is 10.6.